The van der Waals surface area contributed by atoms with Crippen molar-refractivity contribution in [2.75, 3.05) is 16.4 Å². The second-order valence-electron chi connectivity index (χ2n) is 14.7. The van der Waals surface area contributed by atoms with Gasteiger partial charge in [0.15, 0.2) is 11.4 Å². The molecule has 55 heavy (non-hydrogen) atoms. The van der Waals surface area contributed by atoms with E-state index in [1.54, 1.807) is 89.2 Å². The maximum atomic E-state index is 16.4. The first-order valence-electron chi connectivity index (χ1n) is 18.2. The first-order valence-corrected chi connectivity index (χ1v) is 21.1. The zero-order valence-corrected chi connectivity index (χ0v) is 31.5. The van der Waals surface area contributed by atoms with Crippen molar-refractivity contribution in [3.05, 3.63) is 130 Å². The third-order valence-corrected chi connectivity index (χ3v) is 13.4. The van der Waals surface area contributed by atoms with Crippen molar-refractivity contribution in [2.45, 2.75) is 63.2 Å². The third-order valence-electron chi connectivity index (χ3n) is 10.9. The molecular weight excluding hydrogens is 724 g/mol. The standard InChI is InChI=1S/C40H39FN6O7Si/c1-25-37(55(2,3)41)36(17-19-44-24-27(18-20-48)42-43-44)54-40(25)31-22-29(47(51)52)15-16-32(31)45(39(40)50)23-26-9-8-10-28(21-26)46-33-12-5-7-14-35(33)53-34-13-6-4-11-30(34)38(46)49/h4-16,21-22,24-25,36-37,48H,17-20,23H2,1-3H3/t25-,36+,37-,40+/m0/s1. The topological polar surface area (TPSA) is 153 Å². The van der Waals surface area contributed by atoms with Gasteiger partial charge in [-0.05, 0) is 67.5 Å². The molecule has 8 rings (SSSR count). The maximum Gasteiger partial charge on any atom is 0.269 e. The number of carbonyl (C=O) groups is 2. The van der Waals surface area contributed by atoms with E-state index in [1.807, 2.05) is 30.3 Å². The fraction of sp³-hybridized carbons (Fsp3) is 0.300. The minimum atomic E-state index is -3.52. The van der Waals surface area contributed by atoms with Gasteiger partial charge in [-0.2, -0.15) is 0 Å². The number of non-ortho nitro benzene ring substituents is 1. The number of carbonyl (C=O) groups excluding carboxylic acids is 2. The summed E-state index contributed by atoms with van der Waals surface area (Å²) >= 11 is 0. The summed E-state index contributed by atoms with van der Waals surface area (Å²) in [6.07, 6.45) is 1.68. The number of rotatable bonds is 10. The van der Waals surface area contributed by atoms with Crippen LogP contribution in [0.25, 0.3) is 0 Å². The fourth-order valence-corrected chi connectivity index (χ4v) is 11.1. The van der Waals surface area contributed by atoms with Crippen molar-refractivity contribution in [3.8, 4) is 11.5 Å². The van der Waals surface area contributed by atoms with Crippen LogP contribution in [0.2, 0.25) is 18.6 Å². The molecule has 13 nitrogen and oxygen atoms in total. The fourth-order valence-electron chi connectivity index (χ4n) is 8.55. The van der Waals surface area contributed by atoms with Gasteiger partial charge in [0.05, 0.1) is 40.2 Å². The number of hydrogen-bond acceptors (Lipinski definition) is 9. The van der Waals surface area contributed by atoms with Gasteiger partial charge in [0, 0.05) is 60.6 Å². The number of aliphatic hydroxyl groups is 1. The van der Waals surface area contributed by atoms with E-state index in [0.29, 0.717) is 70.3 Å². The summed E-state index contributed by atoms with van der Waals surface area (Å²) in [6.45, 7) is 5.30. The Balaban J connectivity index is 1.16. The zero-order valence-electron chi connectivity index (χ0n) is 30.5. The number of fused-ring (bicyclic) bond motifs is 4. The molecule has 1 fully saturated rings. The van der Waals surface area contributed by atoms with Crippen molar-refractivity contribution in [3.63, 3.8) is 0 Å². The van der Waals surface area contributed by atoms with Gasteiger partial charge in [0.1, 0.15) is 5.75 Å². The molecule has 4 heterocycles. The lowest BCUT2D eigenvalue weighted by Crippen LogP contribution is -2.45. The molecule has 1 saturated heterocycles. The van der Waals surface area contributed by atoms with Crippen LogP contribution in [0, 0.1) is 16.0 Å². The molecule has 3 aliphatic heterocycles. The largest absolute Gasteiger partial charge is 0.454 e. The molecule has 0 unspecified atom stereocenters. The molecular formula is C40H39FN6O7Si. The number of para-hydroxylation sites is 3. The Kier molecular flexibility index (Phi) is 9.10. The van der Waals surface area contributed by atoms with Gasteiger partial charge in [-0.1, -0.05) is 48.5 Å². The summed E-state index contributed by atoms with van der Waals surface area (Å²) in [7, 11) is -3.52. The first-order chi connectivity index (χ1) is 26.4. The lowest BCUT2D eigenvalue weighted by atomic mass is 9.82. The molecule has 4 aromatic carbocycles. The first kappa shape index (κ1) is 36.2. The van der Waals surface area contributed by atoms with E-state index in [2.05, 4.69) is 10.3 Å². The van der Waals surface area contributed by atoms with E-state index in [9.17, 15) is 20.0 Å². The number of ether oxygens (including phenoxy) is 2. The Labute approximate surface area is 317 Å². The van der Waals surface area contributed by atoms with Crippen LogP contribution in [0.1, 0.15) is 40.5 Å². The van der Waals surface area contributed by atoms with Crippen LogP contribution >= 0.6 is 0 Å². The number of nitrogens with zero attached hydrogens (tertiary/aromatic N) is 6. The molecule has 0 bridgehead atoms. The highest BCUT2D eigenvalue weighted by Gasteiger charge is 2.67. The normalized spacial score (nSPS) is 21.7. The number of halogens is 1. The molecule has 1 N–H and O–H groups in total. The Morgan fingerprint density at radius 2 is 1.75 bits per heavy atom. The van der Waals surface area contributed by atoms with Gasteiger partial charge in [-0.3, -0.25) is 29.3 Å². The highest BCUT2D eigenvalue weighted by Crippen LogP contribution is 2.61. The Morgan fingerprint density at radius 3 is 2.51 bits per heavy atom. The second-order valence-corrected chi connectivity index (χ2v) is 18.5. The highest BCUT2D eigenvalue weighted by molar-refractivity contribution is 6.72. The van der Waals surface area contributed by atoms with Gasteiger partial charge < -0.3 is 23.6 Å². The predicted octanol–water partition coefficient (Wildman–Crippen LogP) is 7.22. The number of nitro groups is 1. The molecule has 282 valence electrons. The Bertz CT molecular complexity index is 2330. The molecule has 0 radical (unpaired) electrons. The van der Waals surface area contributed by atoms with E-state index < -0.39 is 42.4 Å². The second kappa shape index (κ2) is 13.8. The molecule has 5 aromatic rings. The minimum absolute atomic E-state index is 0.0461. The van der Waals surface area contributed by atoms with Crippen molar-refractivity contribution >= 4 is 43.0 Å². The van der Waals surface area contributed by atoms with Gasteiger partial charge in [-0.25, -0.2) is 0 Å². The number of anilines is 3. The third kappa shape index (κ3) is 6.17. The Morgan fingerprint density at radius 1 is 0.982 bits per heavy atom. The van der Waals surface area contributed by atoms with Crippen LogP contribution in [0.5, 0.6) is 11.5 Å². The molecule has 2 amide bonds. The molecule has 4 atom stereocenters. The van der Waals surface area contributed by atoms with Crippen LogP contribution in [-0.4, -0.2) is 58.0 Å². The zero-order chi connectivity index (χ0) is 38.6. The molecule has 1 spiro atoms. The number of benzene rings is 4. The molecule has 3 aliphatic rings. The Hall–Kier alpha value is -5.77. The van der Waals surface area contributed by atoms with E-state index in [0.717, 1.165) is 0 Å². The maximum absolute atomic E-state index is 16.4. The van der Waals surface area contributed by atoms with Gasteiger partial charge in [0.2, 0.25) is 8.41 Å². The van der Waals surface area contributed by atoms with E-state index >= 15 is 8.90 Å². The predicted molar refractivity (Wildman–Crippen MR) is 204 cm³/mol. The van der Waals surface area contributed by atoms with Crippen molar-refractivity contribution < 1.29 is 33.2 Å². The number of nitro benzene ring substituents is 1. The smallest absolute Gasteiger partial charge is 0.269 e. The van der Waals surface area contributed by atoms with Crippen LogP contribution in [0.3, 0.4) is 0 Å². The number of amides is 2. The van der Waals surface area contributed by atoms with Crippen LogP contribution in [0.4, 0.5) is 26.9 Å². The lowest BCUT2D eigenvalue weighted by molar-refractivity contribution is -0.385. The van der Waals surface area contributed by atoms with Gasteiger partial charge in [0.25, 0.3) is 17.5 Å². The number of aryl methyl sites for hydroxylation is 1. The number of hydrogen-bond donors (Lipinski definition) is 1. The molecule has 15 heteroatoms. The van der Waals surface area contributed by atoms with E-state index in [4.69, 9.17) is 9.47 Å². The summed E-state index contributed by atoms with van der Waals surface area (Å²) in [5.74, 6) is -0.447. The van der Waals surface area contributed by atoms with Crippen LogP contribution in [0.15, 0.2) is 97.2 Å². The van der Waals surface area contributed by atoms with Crippen molar-refractivity contribution in [1.82, 2.24) is 15.0 Å². The summed E-state index contributed by atoms with van der Waals surface area (Å²) in [5, 5.41) is 29.6. The van der Waals surface area contributed by atoms with Gasteiger partial charge in [-0.15, -0.1) is 5.10 Å². The molecule has 0 saturated carbocycles. The van der Waals surface area contributed by atoms with Crippen molar-refractivity contribution in [2.24, 2.45) is 5.92 Å². The van der Waals surface area contributed by atoms with Crippen LogP contribution < -0.4 is 14.5 Å². The lowest BCUT2D eigenvalue weighted by Gasteiger charge is -2.31. The number of aromatic nitrogens is 3. The monoisotopic (exact) mass is 762 g/mol. The van der Waals surface area contributed by atoms with Crippen molar-refractivity contribution in [1.29, 1.82) is 0 Å². The van der Waals surface area contributed by atoms with Gasteiger partial charge >= 0.3 is 0 Å². The number of aliphatic hydroxyl groups excluding tert-OH is 1. The average Bonchev–Trinajstić information content (AvgIpc) is 3.78. The van der Waals surface area contributed by atoms with Crippen LogP contribution in [-0.2, 0) is 34.6 Å². The summed E-state index contributed by atoms with van der Waals surface area (Å²) in [5.41, 5.74) is 1.03. The summed E-state index contributed by atoms with van der Waals surface area (Å²) in [4.78, 5) is 43.9. The minimum Gasteiger partial charge on any atom is -0.454 e. The summed E-state index contributed by atoms with van der Waals surface area (Å²) < 4.78 is 31.0. The quantitative estimate of drug-likeness (QED) is 0.0673. The SMILES string of the molecule is C[C@H]1[C@H]([Si](C)(C)F)[C@@H](CCn2cc(CCO)nn2)O[C@]12C(=O)N(Cc1cccc(N3C(=O)c4ccccc4Oc4ccccc43)c1)c1ccc([N+](=O)[O-])cc12. The molecule has 0 aliphatic carbocycles. The highest BCUT2D eigenvalue weighted by atomic mass is 28.4. The van der Waals surface area contributed by atoms with E-state index in [-0.39, 0.29) is 24.7 Å². The summed E-state index contributed by atoms with van der Waals surface area (Å²) in [6, 6.07) is 25.9. The van der Waals surface area contributed by atoms with E-state index in [1.165, 1.54) is 12.1 Å². The molecule has 1 aromatic heterocycles. The average molecular weight is 763 g/mol.